The number of anilines is 1. The van der Waals surface area contributed by atoms with Gasteiger partial charge in [0.15, 0.2) is 17.7 Å². The minimum Gasteiger partial charge on any atom is -0.480 e. The van der Waals surface area contributed by atoms with Gasteiger partial charge in [-0.2, -0.15) is 4.31 Å². The number of aromatic nitrogens is 4. The number of carbonyl (C=O) groups excluding carboxylic acids is 1. The molecule has 9 N–H and O–H groups in total. The highest BCUT2D eigenvalue weighted by molar-refractivity contribution is 7.60. The van der Waals surface area contributed by atoms with E-state index in [1.165, 1.54) is 10.9 Å². The number of hydrogen-bond acceptors (Lipinski definition) is 13. The summed E-state index contributed by atoms with van der Waals surface area (Å²) in [6, 6.07) is 8.47. The van der Waals surface area contributed by atoms with Gasteiger partial charge in [-0.1, -0.05) is 18.2 Å². The monoisotopic (exact) mass is 606 g/mol. The molecule has 3 heterocycles. The molecule has 1 amide bonds. The summed E-state index contributed by atoms with van der Waals surface area (Å²) in [5.74, 6) is -1.34. The quantitative estimate of drug-likeness (QED) is 0.132. The average molecular weight is 606 g/mol. The minimum atomic E-state index is -5.29. The van der Waals surface area contributed by atoms with Gasteiger partial charge in [-0.15, -0.1) is 0 Å². The molecule has 1 saturated heterocycles. The molecule has 0 spiro atoms. The van der Waals surface area contributed by atoms with Crippen LogP contribution in [0.2, 0.25) is 0 Å². The van der Waals surface area contributed by atoms with Gasteiger partial charge < -0.3 is 45.8 Å². The molecule has 19 nitrogen and oxygen atoms in total. The number of phosphoric acid groups is 2. The number of hydrogen-bond donors (Lipinski definition) is 8. The number of nitrogens with zero attached hydrogens (tertiary/aromatic N) is 4. The van der Waals surface area contributed by atoms with E-state index in [2.05, 4.69) is 29.1 Å². The average Bonchev–Trinajstić information content (AvgIpc) is 3.42. The van der Waals surface area contributed by atoms with Gasteiger partial charge in [-0.3, -0.25) is 18.7 Å². The number of nitrogen functional groups attached to an aromatic ring is 1. The van der Waals surface area contributed by atoms with E-state index >= 15 is 0 Å². The zero-order valence-electron chi connectivity index (χ0n) is 20.1. The molecule has 1 aromatic carbocycles. The first kappa shape index (κ1) is 31.2. The van der Waals surface area contributed by atoms with Crippen molar-refractivity contribution in [1.82, 2.24) is 24.8 Å². The summed E-state index contributed by atoms with van der Waals surface area (Å²) < 4.78 is 36.8. The van der Waals surface area contributed by atoms with Crippen LogP contribution in [0.4, 0.5) is 5.82 Å². The number of carboxylic acid groups (broad SMARTS) is 1. The van der Waals surface area contributed by atoms with E-state index in [0.717, 1.165) is 6.33 Å². The van der Waals surface area contributed by atoms with Gasteiger partial charge in [-0.05, 0) is 12.1 Å². The van der Waals surface area contributed by atoms with Gasteiger partial charge in [0.05, 0.1) is 12.9 Å². The maximum Gasteiger partial charge on any atom is 0.481 e. The van der Waals surface area contributed by atoms with Crippen LogP contribution in [-0.4, -0.2) is 92.9 Å². The molecule has 4 rings (SSSR count). The van der Waals surface area contributed by atoms with E-state index < -0.39 is 52.8 Å². The number of carbonyl (C=O) groups is 2. The van der Waals surface area contributed by atoms with Crippen molar-refractivity contribution >= 4 is 44.5 Å². The van der Waals surface area contributed by atoms with Crippen molar-refractivity contribution in [3.05, 3.63) is 48.5 Å². The molecule has 0 aliphatic carbocycles. The number of benzene rings is 1. The van der Waals surface area contributed by atoms with E-state index in [9.17, 15) is 33.8 Å². The van der Waals surface area contributed by atoms with Crippen molar-refractivity contribution in [3.8, 4) is 0 Å². The lowest BCUT2D eigenvalue weighted by molar-refractivity contribution is -0.135. The van der Waals surface area contributed by atoms with Crippen LogP contribution in [0.25, 0.3) is 11.2 Å². The van der Waals surface area contributed by atoms with Crippen LogP contribution in [-0.2, 0) is 27.5 Å². The largest absolute Gasteiger partial charge is 0.481 e. The van der Waals surface area contributed by atoms with Crippen LogP contribution < -0.4 is 11.1 Å². The molecular weight excluding hydrogens is 582 g/mol. The molecule has 1 fully saturated rings. The molecular formula is C19H24N6O13P2. The van der Waals surface area contributed by atoms with Crippen LogP contribution >= 0.6 is 15.6 Å². The Kier molecular flexibility index (Phi) is 10.0. The molecule has 21 heteroatoms. The number of rotatable bonds is 9. The van der Waals surface area contributed by atoms with Crippen molar-refractivity contribution in [3.63, 3.8) is 0 Å². The number of aliphatic hydroxyl groups excluding tert-OH is 2. The fourth-order valence-electron chi connectivity index (χ4n) is 3.33. The number of amides is 1. The minimum absolute atomic E-state index is 0.0856. The number of carboxylic acids is 1. The fraction of sp³-hybridized carbons (Fsp3) is 0.316. The molecule has 1 aliphatic heterocycles. The maximum atomic E-state index is 11.5. The highest BCUT2D eigenvalue weighted by Crippen LogP contribution is 2.57. The van der Waals surface area contributed by atoms with E-state index in [4.69, 9.17) is 25.4 Å². The number of aliphatic hydroxyl groups is 2. The third kappa shape index (κ3) is 8.33. The Morgan fingerprint density at radius 3 is 2.38 bits per heavy atom. The molecule has 2 aromatic heterocycles. The Labute approximate surface area is 224 Å². The Hall–Kier alpha value is -3.35. The molecule has 1 unspecified atom stereocenters. The van der Waals surface area contributed by atoms with Crippen molar-refractivity contribution in [2.24, 2.45) is 0 Å². The first-order valence-corrected chi connectivity index (χ1v) is 13.9. The SMILES string of the molecule is Nc1ncnc2c1ncn2[C@@H]1O[C@H](COP(=O)(O)OP(=O)(O)O)[C@@H](O)[C@H]1O.O=C(O)CNC(=O)c1ccccc1. The van der Waals surface area contributed by atoms with Gasteiger partial charge in [0.2, 0.25) is 0 Å². The third-order valence-corrected chi connectivity index (χ3v) is 7.20. The van der Waals surface area contributed by atoms with Crippen molar-refractivity contribution in [2.75, 3.05) is 18.9 Å². The first-order valence-electron chi connectivity index (χ1n) is 10.9. The molecule has 1 aliphatic rings. The lowest BCUT2D eigenvalue weighted by Crippen LogP contribution is -2.33. The van der Waals surface area contributed by atoms with Crippen molar-refractivity contribution in [2.45, 2.75) is 24.5 Å². The second kappa shape index (κ2) is 12.9. The molecule has 0 bridgehead atoms. The van der Waals surface area contributed by atoms with Crippen LogP contribution in [0.15, 0.2) is 43.0 Å². The topological polar surface area (TPSA) is 299 Å². The number of phosphoric ester groups is 1. The summed E-state index contributed by atoms with van der Waals surface area (Å²) in [5.41, 5.74) is 6.57. The number of aliphatic carboxylic acids is 1. The Balaban J connectivity index is 0.000000285. The number of nitrogens with two attached hydrogens (primary N) is 1. The zero-order chi connectivity index (χ0) is 29.7. The van der Waals surface area contributed by atoms with E-state index in [0.29, 0.717) is 5.56 Å². The summed E-state index contributed by atoms with van der Waals surface area (Å²) in [4.78, 5) is 59.4. The van der Waals surface area contributed by atoms with E-state index in [-0.39, 0.29) is 29.4 Å². The van der Waals surface area contributed by atoms with Crippen molar-refractivity contribution in [1.29, 1.82) is 0 Å². The van der Waals surface area contributed by atoms with Crippen LogP contribution in [0.1, 0.15) is 16.6 Å². The molecule has 5 atom stereocenters. The molecule has 40 heavy (non-hydrogen) atoms. The third-order valence-electron chi connectivity index (χ3n) is 5.05. The molecule has 0 saturated carbocycles. The Morgan fingerprint density at radius 2 is 1.75 bits per heavy atom. The highest BCUT2D eigenvalue weighted by Gasteiger charge is 2.46. The van der Waals surface area contributed by atoms with Gasteiger partial charge in [0.1, 0.15) is 36.7 Å². The van der Waals surface area contributed by atoms with Gasteiger partial charge >= 0.3 is 21.6 Å². The van der Waals surface area contributed by atoms with Gasteiger partial charge in [0.25, 0.3) is 5.91 Å². The second-order valence-corrected chi connectivity index (χ2v) is 10.7. The fourth-order valence-corrected chi connectivity index (χ4v) is 4.93. The Bertz CT molecular complexity index is 1430. The highest BCUT2D eigenvalue weighted by atomic mass is 31.3. The van der Waals surface area contributed by atoms with Crippen LogP contribution in [0.3, 0.4) is 0 Å². The standard InChI is InChI=1S/C10H15N5O10P2.C9H9NO3/c11-8-5-9(13-2-12-8)15(3-14-5)10-7(17)6(16)4(24-10)1-23-27(21,22)25-26(18,19)20;11-8(12)6-10-9(13)7-4-2-1-3-5-7/h2-4,6-7,10,16-17H,1H2,(H,21,22)(H2,11,12,13)(H2,18,19,20);1-5H,6H2,(H,10,13)(H,11,12)/t4-,6-,7-,10-;/m1./s1. The number of nitrogens with one attached hydrogen (secondary N) is 1. The lowest BCUT2D eigenvalue weighted by atomic mass is 10.1. The number of fused-ring (bicyclic) bond motifs is 1. The Morgan fingerprint density at radius 1 is 1.07 bits per heavy atom. The summed E-state index contributed by atoms with van der Waals surface area (Å²) in [5, 5.41) is 30.8. The first-order chi connectivity index (χ1) is 18.7. The summed E-state index contributed by atoms with van der Waals surface area (Å²) in [6.45, 7) is -1.17. The predicted molar refractivity (Wildman–Crippen MR) is 131 cm³/mol. The maximum absolute atomic E-state index is 11.5. The summed E-state index contributed by atoms with van der Waals surface area (Å²) in [7, 11) is -10.4. The van der Waals surface area contributed by atoms with Crippen molar-refractivity contribution < 1.29 is 62.3 Å². The molecule has 218 valence electrons. The summed E-state index contributed by atoms with van der Waals surface area (Å²) >= 11 is 0. The van der Waals surface area contributed by atoms with E-state index in [1.807, 2.05) is 0 Å². The lowest BCUT2D eigenvalue weighted by Gasteiger charge is -2.17. The second-order valence-electron chi connectivity index (χ2n) is 7.91. The summed E-state index contributed by atoms with van der Waals surface area (Å²) in [6.07, 6.45) is -3.20. The van der Waals surface area contributed by atoms with Crippen LogP contribution in [0, 0.1) is 0 Å². The van der Waals surface area contributed by atoms with E-state index in [1.54, 1.807) is 30.3 Å². The normalized spacial score (nSPS) is 22.2. The van der Waals surface area contributed by atoms with Gasteiger partial charge in [-0.25, -0.2) is 24.1 Å². The number of ether oxygens (including phenoxy) is 1. The van der Waals surface area contributed by atoms with Crippen LogP contribution in [0.5, 0.6) is 0 Å². The predicted octanol–water partition coefficient (Wildman–Crippen LogP) is -1.25. The number of imidazole rings is 1. The molecule has 0 radical (unpaired) electrons. The zero-order valence-corrected chi connectivity index (χ0v) is 21.9. The van der Waals surface area contributed by atoms with Gasteiger partial charge in [0, 0.05) is 5.56 Å². The molecule has 3 aromatic rings. The smallest absolute Gasteiger partial charge is 0.480 e.